The molecule has 3 aromatic heterocycles. The smallest absolute Gasteiger partial charge is 0.294 e. The maximum Gasteiger partial charge on any atom is 0.294 e. The fourth-order valence-corrected chi connectivity index (χ4v) is 4.05. The SMILES string of the molecule is CN1CCC[C@H]1c1nc2c3c(oc2c(=O)[nH]1)-c1cn[nH]c1CCC3. The number of aromatic amines is 2. The van der Waals surface area contributed by atoms with E-state index in [1.165, 1.54) is 0 Å². The highest BCUT2D eigenvalue weighted by Crippen LogP contribution is 2.37. The second kappa shape index (κ2) is 5.04. The van der Waals surface area contributed by atoms with Gasteiger partial charge < -0.3 is 9.40 Å². The number of aromatic nitrogens is 4. The Labute approximate surface area is 138 Å². The third-order valence-electron chi connectivity index (χ3n) is 5.31. The summed E-state index contributed by atoms with van der Waals surface area (Å²) in [6, 6.07) is 0.183. The van der Waals surface area contributed by atoms with Gasteiger partial charge in [-0.25, -0.2) is 4.98 Å². The lowest BCUT2D eigenvalue weighted by Crippen LogP contribution is -2.22. The molecule has 2 N–H and O–H groups in total. The molecule has 0 bridgehead atoms. The zero-order chi connectivity index (χ0) is 16.3. The number of hydrogen-bond acceptors (Lipinski definition) is 5. The van der Waals surface area contributed by atoms with Crippen LogP contribution in [-0.4, -0.2) is 38.7 Å². The molecule has 1 fully saturated rings. The number of hydrogen-bond donors (Lipinski definition) is 2. The van der Waals surface area contributed by atoms with Gasteiger partial charge in [0.15, 0.2) is 0 Å². The Morgan fingerprint density at radius 2 is 2.25 bits per heavy atom. The van der Waals surface area contributed by atoms with Crippen LogP contribution in [0, 0.1) is 0 Å². The van der Waals surface area contributed by atoms with Crippen molar-refractivity contribution in [3.05, 3.63) is 33.6 Å². The molecule has 2 aliphatic rings. The molecule has 1 atom stereocenters. The Balaban J connectivity index is 1.75. The summed E-state index contributed by atoms with van der Waals surface area (Å²) in [7, 11) is 2.08. The van der Waals surface area contributed by atoms with Crippen LogP contribution >= 0.6 is 0 Å². The molecular weight excluding hydrogens is 306 g/mol. The van der Waals surface area contributed by atoms with Crippen molar-refractivity contribution >= 4 is 11.1 Å². The summed E-state index contributed by atoms with van der Waals surface area (Å²) >= 11 is 0. The van der Waals surface area contributed by atoms with E-state index in [-0.39, 0.29) is 11.6 Å². The summed E-state index contributed by atoms with van der Waals surface area (Å²) in [6.45, 7) is 1.04. The number of H-pyrrole nitrogens is 2. The topological polar surface area (TPSA) is 90.8 Å². The van der Waals surface area contributed by atoms with Gasteiger partial charge in [-0.3, -0.25) is 14.8 Å². The molecule has 0 saturated carbocycles. The van der Waals surface area contributed by atoms with Gasteiger partial charge in [-0.05, 0) is 45.7 Å². The molecule has 1 saturated heterocycles. The second-order valence-electron chi connectivity index (χ2n) is 6.79. The Bertz CT molecular complexity index is 983. The second-order valence-corrected chi connectivity index (χ2v) is 6.79. The van der Waals surface area contributed by atoms with Crippen molar-refractivity contribution < 1.29 is 4.42 Å². The van der Waals surface area contributed by atoms with E-state index < -0.39 is 0 Å². The Morgan fingerprint density at radius 1 is 1.33 bits per heavy atom. The summed E-state index contributed by atoms with van der Waals surface area (Å²) in [5.74, 6) is 1.51. The average molecular weight is 325 g/mol. The summed E-state index contributed by atoms with van der Waals surface area (Å²) in [6.07, 6.45) is 6.72. The summed E-state index contributed by atoms with van der Waals surface area (Å²) in [4.78, 5) is 22.6. The molecule has 7 heteroatoms. The van der Waals surface area contributed by atoms with Crippen molar-refractivity contribution in [1.29, 1.82) is 0 Å². The van der Waals surface area contributed by atoms with Crippen molar-refractivity contribution in [3.63, 3.8) is 0 Å². The summed E-state index contributed by atoms with van der Waals surface area (Å²) in [5.41, 5.74) is 3.93. The predicted octanol–water partition coefficient (Wildman–Crippen LogP) is 2.16. The molecule has 24 heavy (non-hydrogen) atoms. The maximum atomic E-state index is 12.6. The first-order valence-electron chi connectivity index (χ1n) is 8.51. The van der Waals surface area contributed by atoms with E-state index in [1.807, 2.05) is 0 Å². The van der Waals surface area contributed by atoms with Gasteiger partial charge in [0.25, 0.3) is 5.56 Å². The van der Waals surface area contributed by atoms with Crippen LogP contribution in [0.2, 0.25) is 0 Å². The number of likely N-dealkylation sites (tertiary alicyclic amines) is 1. The van der Waals surface area contributed by atoms with Crippen LogP contribution in [0.4, 0.5) is 0 Å². The molecule has 0 amide bonds. The molecule has 4 heterocycles. The van der Waals surface area contributed by atoms with Gasteiger partial charge in [0, 0.05) is 11.3 Å². The lowest BCUT2D eigenvalue weighted by atomic mass is 10.1. The lowest BCUT2D eigenvalue weighted by molar-refractivity contribution is 0.305. The van der Waals surface area contributed by atoms with E-state index in [0.29, 0.717) is 5.58 Å². The molecule has 3 aromatic rings. The van der Waals surface area contributed by atoms with Crippen molar-refractivity contribution in [1.82, 2.24) is 25.1 Å². The Morgan fingerprint density at radius 3 is 3.08 bits per heavy atom. The molecule has 0 radical (unpaired) electrons. The standard InChI is InChI=1S/C17H19N5O2/c1-22-7-3-6-12(22)16-19-13-9-4-2-5-11-10(8-18-21-11)14(9)24-15(13)17(23)20-16/h8,12H,2-7H2,1H3,(H,18,21)(H,19,20,23)/t12-/m0/s1. The highest BCUT2D eigenvalue weighted by atomic mass is 16.3. The fourth-order valence-electron chi connectivity index (χ4n) is 4.05. The van der Waals surface area contributed by atoms with E-state index in [4.69, 9.17) is 9.40 Å². The van der Waals surface area contributed by atoms with Gasteiger partial charge in [0.2, 0.25) is 5.58 Å². The zero-order valence-corrected chi connectivity index (χ0v) is 13.6. The molecule has 0 aromatic carbocycles. The van der Waals surface area contributed by atoms with E-state index in [9.17, 15) is 4.79 Å². The summed E-state index contributed by atoms with van der Waals surface area (Å²) in [5, 5.41) is 7.17. The average Bonchev–Trinajstić information content (AvgIpc) is 3.25. The molecule has 124 valence electrons. The number of aryl methyl sites for hydroxylation is 2. The van der Waals surface area contributed by atoms with Gasteiger partial charge in [-0.15, -0.1) is 0 Å². The zero-order valence-electron chi connectivity index (χ0n) is 13.6. The summed E-state index contributed by atoms with van der Waals surface area (Å²) < 4.78 is 5.95. The minimum atomic E-state index is -0.187. The quantitative estimate of drug-likeness (QED) is 0.715. The monoisotopic (exact) mass is 325 g/mol. The predicted molar refractivity (Wildman–Crippen MR) is 88.8 cm³/mol. The fraction of sp³-hybridized carbons (Fsp3) is 0.471. The van der Waals surface area contributed by atoms with Gasteiger partial charge in [-0.1, -0.05) is 0 Å². The van der Waals surface area contributed by atoms with Crippen LogP contribution in [0.5, 0.6) is 0 Å². The van der Waals surface area contributed by atoms with Gasteiger partial charge in [0.05, 0.1) is 17.8 Å². The molecule has 1 aliphatic heterocycles. The van der Waals surface area contributed by atoms with E-state index >= 15 is 0 Å². The van der Waals surface area contributed by atoms with Crippen LogP contribution < -0.4 is 5.56 Å². The normalized spacial score (nSPS) is 21.0. The molecule has 1 aliphatic carbocycles. The van der Waals surface area contributed by atoms with Crippen LogP contribution in [0.25, 0.3) is 22.4 Å². The number of nitrogens with zero attached hydrogens (tertiary/aromatic N) is 3. The largest absolute Gasteiger partial charge is 0.448 e. The first-order chi connectivity index (χ1) is 11.7. The number of nitrogens with one attached hydrogen (secondary N) is 2. The lowest BCUT2D eigenvalue weighted by Gasteiger charge is -2.18. The van der Waals surface area contributed by atoms with Gasteiger partial charge >= 0.3 is 0 Å². The molecular formula is C17H19N5O2. The highest BCUT2D eigenvalue weighted by Gasteiger charge is 2.29. The Hall–Kier alpha value is -2.41. The first kappa shape index (κ1) is 14.0. The molecule has 0 spiro atoms. The van der Waals surface area contributed by atoms with E-state index in [1.54, 1.807) is 6.20 Å². The number of furan rings is 1. The molecule has 5 rings (SSSR count). The maximum absolute atomic E-state index is 12.6. The van der Waals surface area contributed by atoms with Crippen LogP contribution in [0.15, 0.2) is 15.4 Å². The molecule has 7 nitrogen and oxygen atoms in total. The first-order valence-corrected chi connectivity index (χ1v) is 8.51. The van der Waals surface area contributed by atoms with Crippen LogP contribution in [0.1, 0.15) is 42.4 Å². The van der Waals surface area contributed by atoms with Crippen molar-refractivity contribution in [2.45, 2.75) is 38.1 Å². The third-order valence-corrected chi connectivity index (χ3v) is 5.31. The van der Waals surface area contributed by atoms with Crippen molar-refractivity contribution in [3.8, 4) is 11.3 Å². The number of fused-ring (bicyclic) bond motifs is 5. The minimum absolute atomic E-state index is 0.183. The van der Waals surface area contributed by atoms with Crippen LogP contribution in [-0.2, 0) is 12.8 Å². The highest BCUT2D eigenvalue weighted by molar-refractivity contribution is 5.85. The Kier molecular flexibility index (Phi) is 2.94. The van der Waals surface area contributed by atoms with Crippen molar-refractivity contribution in [2.75, 3.05) is 13.6 Å². The van der Waals surface area contributed by atoms with Gasteiger partial charge in [0.1, 0.15) is 17.1 Å². The molecule has 0 unspecified atom stereocenters. The van der Waals surface area contributed by atoms with Gasteiger partial charge in [-0.2, -0.15) is 5.10 Å². The number of rotatable bonds is 1. The van der Waals surface area contributed by atoms with E-state index in [0.717, 1.165) is 72.6 Å². The van der Waals surface area contributed by atoms with Crippen molar-refractivity contribution in [2.24, 2.45) is 0 Å². The third kappa shape index (κ3) is 1.91. The minimum Gasteiger partial charge on any atom is -0.448 e. The van der Waals surface area contributed by atoms with Crippen LogP contribution in [0.3, 0.4) is 0 Å². The van der Waals surface area contributed by atoms with E-state index in [2.05, 4.69) is 27.1 Å².